The SMILES string of the molecule is C=CC[C@@]1(Cc2ccccc2)C=Nc2ccccc21. The molecule has 94 valence electrons. The lowest BCUT2D eigenvalue weighted by Crippen LogP contribution is -2.27. The number of allylic oxidation sites excluding steroid dienone is 1. The Hall–Kier alpha value is -2.15. The van der Waals surface area contributed by atoms with Crippen molar-refractivity contribution in [2.45, 2.75) is 18.3 Å². The van der Waals surface area contributed by atoms with Crippen molar-refractivity contribution in [3.8, 4) is 0 Å². The van der Waals surface area contributed by atoms with Gasteiger partial charge in [-0.1, -0.05) is 54.6 Å². The van der Waals surface area contributed by atoms with E-state index in [9.17, 15) is 0 Å². The molecule has 1 heterocycles. The molecule has 0 aromatic heterocycles. The van der Waals surface area contributed by atoms with Crippen LogP contribution < -0.4 is 0 Å². The summed E-state index contributed by atoms with van der Waals surface area (Å²) in [6.07, 6.45) is 5.99. The molecule has 3 rings (SSSR count). The molecular formula is C18H17N. The first-order chi connectivity index (χ1) is 9.34. The zero-order chi connectivity index (χ0) is 13.1. The molecule has 0 fully saturated rings. The van der Waals surface area contributed by atoms with Crippen LogP contribution in [0.5, 0.6) is 0 Å². The highest BCUT2D eigenvalue weighted by atomic mass is 14.8. The third-order valence-electron chi connectivity index (χ3n) is 3.76. The standard InChI is InChI=1S/C18H17N/c1-2-12-18(13-15-8-4-3-5-9-15)14-19-17-11-7-6-10-16(17)18/h2-11,14H,1,12-13H2/t18-/m1/s1. The maximum absolute atomic E-state index is 4.59. The average Bonchev–Trinajstić information content (AvgIpc) is 2.80. The molecule has 1 nitrogen and oxygen atoms in total. The molecule has 0 spiro atoms. The summed E-state index contributed by atoms with van der Waals surface area (Å²) in [6.45, 7) is 3.92. The van der Waals surface area contributed by atoms with Gasteiger partial charge in [0.25, 0.3) is 0 Å². The van der Waals surface area contributed by atoms with Gasteiger partial charge in [-0.3, -0.25) is 4.99 Å². The van der Waals surface area contributed by atoms with Crippen LogP contribution in [0.15, 0.2) is 72.2 Å². The first-order valence-corrected chi connectivity index (χ1v) is 6.64. The van der Waals surface area contributed by atoms with E-state index in [0.29, 0.717) is 0 Å². The normalized spacial score (nSPS) is 20.2. The molecule has 0 aliphatic carbocycles. The fraction of sp³-hybridized carbons (Fsp3) is 0.167. The third-order valence-corrected chi connectivity index (χ3v) is 3.76. The van der Waals surface area contributed by atoms with Crippen molar-refractivity contribution in [2.75, 3.05) is 0 Å². The van der Waals surface area contributed by atoms with Crippen LogP contribution in [0.3, 0.4) is 0 Å². The summed E-state index contributed by atoms with van der Waals surface area (Å²) in [5, 5.41) is 0. The average molecular weight is 247 g/mol. The lowest BCUT2D eigenvalue weighted by molar-refractivity contribution is 0.602. The van der Waals surface area contributed by atoms with Gasteiger partial charge in [-0.2, -0.15) is 0 Å². The molecule has 0 bridgehead atoms. The van der Waals surface area contributed by atoms with E-state index in [4.69, 9.17) is 0 Å². The highest BCUT2D eigenvalue weighted by Crippen LogP contribution is 2.41. The molecule has 19 heavy (non-hydrogen) atoms. The summed E-state index contributed by atoms with van der Waals surface area (Å²) in [5.41, 5.74) is 3.73. The minimum Gasteiger partial charge on any atom is -0.260 e. The highest BCUT2D eigenvalue weighted by Gasteiger charge is 2.35. The topological polar surface area (TPSA) is 12.4 Å². The van der Waals surface area contributed by atoms with E-state index in [2.05, 4.69) is 66.3 Å². The highest BCUT2D eigenvalue weighted by molar-refractivity contribution is 5.85. The Kier molecular flexibility index (Phi) is 3.04. The number of hydrogen-bond donors (Lipinski definition) is 0. The number of aliphatic imine (C=N–C) groups is 1. The van der Waals surface area contributed by atoms with Crippen LogP contribution in [0.25, 0.3) is 0 Å². The van der Waals surface area contributed by atoms with Gasteiger partial charge in [0, 0.05) is 11.6 Å². The van der Waals surface area contributed by atoms with Gasteiger partial charge in [0.15, 0.2) is 0 Å². The van der Waals surface area contributed by atoms with Gasteiger partial charge in [0.1, 0.15) is 0 Å². The van der Waals surface area contributed by atoms with Crippen LogP contribution in [0.1, 0.15) is 17.5 Å². The largest absolute Gasteiger partial charge is 0.260 e. The molecule has 1 heteroatoms. The van der Waals surface area contributed by atoms with Gasteiger partial charge in [-0.15, -0.1) is 6.58 Å². The van der Waals surface area contributed by atoms with Gasteiger partial charge in [-0.25, -0.2) is 0 Å². The van der Waals surface area contributed by atoms with Crippen molar-refractivity contribution in [3.05, 3.63) is 78.4 Å². The number of rotatable bonds is 4. The van der Waals surface area contributed by atoms with Crippen molar-refractivity contribution in [2.24, 2.45) is 4.99 Å². The summed E-state index contributed by atoms with van der Waals surface area (Å²) in [5.74, 6) is 0. The molecule has 0 saturated heterocycles. The smallest absolute Gasteiger partial charge is 0.0667 e. The number of benzene rings is 2. The van der Waals surface area contributed by atoms with Crippen molar-refractivity contribution in [3.63, 3.8) is 0 Å². The summed E-state index contributed by atoms with van der Waals surface area (Å²) in [7, 11) is 0. The Morgan fingerprint density at radius 3 is 2.53 bits per heavy atom. The number of para-hydroxylation sites is 1. The molecule has 1 aliphatic rings. The summed E-state index contributed by atoms with van der Waals surface area (Å²) >= 11 is 0. The minimum absolute atomic E-state index is 0.0281. The van der Waals surface area contributed by atoms with Gasteiger partial charge in [0.05, 0.1) is 5.69 Å². The van der Waals surface area contributed by atoms with Crippen molar-refractivity contribution >= 4 is 11.9 Å². The monoisotopic (exact) mass is 247 g/mol. The second kappa shape index (κ2) is 4.85. The lowest BCUT2D eigenvalue weighted by Gasteiger charge is -2.26. The van der Waals surface area contributed by atoms with E-state index < -0.39 is 0 Å². The second-order valence-electron chi connectivity index (χ2n) is 5.09. The van der Waals surface area contributed by atoms with Crippen LogP contribution >= 0.6 is 0 Å². The van der Waals surface area contributed by atoms with Crippen molar-refractivity contribution < 1.29 is 0 Å². The number of nitrogens with zero attached hydrogens (tertiary/aromatic N) is 1. The molecule has 1 atom stereocenters. The third kappa shape index (κ3) is 2.12. The van der Waals surface area contributed by atoms with E-state index in [0.717, 1.165) is 18.5 Å². The number of hydrogen-bond acceptors (Lipinski definition) is 1. The van der Waals surface area contributed by atoms with Crippen molar-refractivity contribution in [1.29, 1.82) is 0 Å². The Morgan fingerprint density at radius 1 is 1.00 bits per heavy atom. The first kappa shape index (κ1) is 11.9. The van der Waals surface area contributed by atoms with Gasteiger partial charge in [0.2, 0.25) is 0 Å². The molecule has 0 radical (unpaired) electrons. The van der Waals surface area contributed by atoms with Crippen LogP contribution in [0, 0.1) is 0 Å². The predicted octanol–water partition coefficient (Wildman–Crippen LogP) is 4.46. The summed E-state index contributed by atoms with van der Waals surface area (Å²) in [6, 6.07) is 19.0. The minimum atomic E-state index is -0.0281. The Morgan fingerprint density at radius 2 is 1.74 bits per heavy atom. The Balaban J connectivity index is 2.02. The fourth-order valence-electron chi connectivity index (χ4n) is 2.86. The predicted molar refractivity (Wildman–Crippen MR) is 81.2 cm³/mol. The molecule has 0 unspecified atom stereocenters. The molecule has 0 amide bonds. The molecule has 0 saturated carbocycles. The van der Waals surface area contributed by atoms with E-state index >= 15 is 0 Å². The second-order valence-corrected chi connectivity index (χ2v) is 5.09. The Labute approximate surface area is 114 Å². The molecule has 0 N–H and O–H groups in total. The number of fused-ring (bicyclic) bond motifs is 1. The maximum atomic E-state index is 4.59. The lowest BCUT2D eigenvalue weighted by atomic mass is 9.75. The van der Waals surface area contributed by atoms with Gasteiger partial charge < -0.3 is 0 Å². The van der Waals surface area contributed by atoms with Crippen LogP contribution in [0.4, 0.5) is 5.69 Å². The Bertz CT molecular complexity index is 613. The van der Waals surface area contributed by atoms with Gasteiger partial charge in [-0.05, 0) is 30.0 Å². The van der Waals surface area contributed by atoms with E-state index in [-0.39, 0.29) is 5.41 Å². The fourth-order valence-corrected chi connectivity index (χ4v) is 2.86. The summed E-state index contributed by atoms with van der Waals surface area (Å²) in [4.78, 5) is 4.59. The molecule has 2 aromatic carbocycles. The van der Waals surface area contributed by atoms with Crippen LogP contribution in [0.2, 0.25) is 0 Å². The van der Waals surface area contributed by atoms with Crippen molar-refractivity contribution in [1.82, 2.24) is 0 Å². The van der Waals surface area contributed by atoms with E-state index in [1.165, 1.54) is 11.1 Å². The quantitative estimate of drug-likeness (QED) is 0.707. The molecule has 1 aliphatic heterocycles. The first-order valence-electron chi connectivity index (χ1n) is 6.64. The van der Waals surface area contributed by atoms with E-state index in [1.54, 1.807) is 0 Å². The maximum Gasteiger partial charge on any atom is 0.0667 e. The van der Waals surface area contributed by atoms with Gasteiger partial charge >= 0.3 is 0 Å². The zero-order valence-corrected chi connectivity index (χ0v) is 10.9. The zero-order valence-electron chi connectivity index (χ0n) is 10.9. The molecular weight excluding hydrogens is 230 g/mol. The molecule has 2 aromatic rings. The van der Waals surface area contributed by atoms with E-state index in [1.807, 2.05) is 12.1 Å². The van der Waals surface area contributed by atoms with Crippen LogP contribution in [-0.2, 0) is 11.8 Å². The van der Waals surface area contributed by atoms with Crippen LogP contribution in [-0.4, -0.2) is 6.21 Å². The summed E-state index contributed by atoms with van der Waals surface area (Å²) < 4.78 is 0.